The minimum absolute atomic E-state index is 0.0298. The highest BCUT2D eigenvalue weighted by Crippen LogP contribution is 2.50. The first-order valence-electron chi connectivity index (χ1n) is 69.7. The predicted molar refractivity (Wildman–Crippen MR) is 471 cm³/mol. The monoisotopic (exact) mass is 1740 g/mol. The lowest BCUT2D eigenvalue weighted by Gasteiger charge is -2.47. The summed E-state index contributed by atoms with van der Waals surface area (Å²) in [5.74, 6) is -41.3. The topological polar surface area (TPSA) is 296 Å². The Morgan fingerprint density at radius 2 is 0.583 bits per heavy atom. The fraction of sp³-hybridized carbons (Fsp3) is 0.708. The van der Waals surface area contributed by atoms with Gasteiger partial charge in [0.2, 0.25) is 0 Å². The van der Waals surface area contributed by atoms with Gasteiger partial charge in [-0.05, 0) is 191 Å². The zero-order chi connectivity index (χ0) is 143. The first-order valence-corrected chi connectivity index (χ1v) is 38.1. The van der Waals surface area contributed by atoms with Gasteiger partial charge in [0.25, 0.3) is 0 Å². The zero-order valence-corrected chi connectivity index (χ0v) is 69.6. The number of carbonyl (C=O) groups excluding carboxylic acids is 4. The van der Waals surface area contributed by atoms with Crippen LogP contribution in [-0.2, 0) is 63.8 Å². The molecule has 8 heterocycles. The second kappa shape index (κ2) is 43.9. The quantitative estimate of drug-likeness (QED) is 0.0303. The Labute approximate surface area is 807 Å². The lowest BCUT2D eigenvalue weighted by Crippen LogP contribution is -2.51. The molecule has 24 nitrogen and oxygen atoms in total. The van der Waals surface area contributed by atoms with Crippen molar-refractivity contribution in [2.75, 3.05) is 109 Å². The molecule has 8 aliphatic heterocycles. The van der Waals surface area contributed by atoms with Crippen molar-refractivity contribution >= 4 is 23.9 Å². The van der Waals surface area contributed by atoms with E-state index in [2.05, 4.69) is 0 Å². The molecule has 0 saturated carbocycles. The van der Waals surface area contributed by atoms with Crippen LogP contribution in [0, 0.1) is 70.8 Å². The smallest absolute Gasteiger partial charge is 0.323 e. The summed E-state index contributed by atoms with van der Waals surface area (Å²) in [7, 11) is -7.50. The molecular formula is C96H152N8O16. The van der Waals surface area contributed by atoms with Crippen molar-refractivity contribution in [1.82, 2.24) is 19.6 Å². The van der Waals surface area contributed by atoms with Gasteiger partial charge in [0.05, 0.1) is 84.0 Å². The van der Waals surface area contributed by atoms with E-state index in [1.54, 1.807) is 0 Å². The summed E-state index contributed by atoms with van der Waals surface area (Å²) in [6.07, 6.45) is -47.0. The Bertz CT molecular complexity index is 7040. The van der Waals surface area contributed by atoms with E-state index in [9.17, 15) is 53.4 Å². The van der Waals surface area contributed by atoms with Crippen LogP contribution in [-0.4, -0.2) is 201 Å². The average Bonchev–Trinajstić information content (AvgIpc) is 0.637. The number of esters is 4. The Morgan fingerprint density at radius 3 is 0.825 bits per heavy atom. The Balaban J connectivity index is 0.000000266. The lowest BCUT2D eigenvalue weighted by molar-refractivity contribution is -0.161. The van der Waals surface area contributed by atoms with Crippen LogP contribution in [0.4, 0.5) is 0 Å². The van der Waals surface area contributed by atoms with Gasteiger partial charge in [0.15, 0.2) is 46.0 Å². The summed E-state index contributed by atoms with van der Waals surface area (Å²) in [4.78, 5) is 55.1. The fourth-order valence-electron chi connectivity index (χ4n) is 12.7. The van der Waals surface area contributed by atoms with Gasteiger partial charge < -0.3 is 79.8 Å². The molecule has 8 aliphatic rings. The van der Waals surface area contributed by atoms with Gasteiger partial charge in [-0.3, -0.25) is 38.8 Å². The summed E-state index contributed by atoms with van der Waals surface area (Å²) in [6, 6.07) is -10.0. The molecule has 120 heavy (non-hydrogen) atoms. The van der Waals surface area contributed by atoms with Crippen molar-refractivity contribution in [3.8, 4) is 46.0 Å². The van der Waals surface area contributed by atoms with Crippen molar-refractivity contribution in [2.24, 2.45) is 93.8 Å². The van der Waals surface area contributed by atoms with Gasteiger partial charge in [-0.1, -0.05) is 110 Å². The van der Waals surface area contributed by atoms with Crippen LogP contribution in [0.25, 0.3) is 0 Å². The third kappa shape index (κ3) is 23.8. The second-order valence-corrected chi connectivity index (χ2v) is 29.7. The maximum atomic E-state index is 13.4. The number of rotatable bonds is 28. The predicted octanol–water partition coefficient (Wildman–Crippen LogP) is 14.3. The summed E-state index contributed by atoms with van der Waals surface area (Å²) in [5, 5.41) is 0. The standard InChI is InChI=1S/4C24H38N2O4/c4*1-14(2)9-17-13-26-8-7-16-10-21(28-5)22(29-6)11-18(16)19(26)12-20(17)30-24(27)23(25)15(3)4/h4*10-11,14-15,17,19-20,23H,7-9,12-13,25H2,1-6H3/t4*17?,19?,20?,23-/m0000/s1/i1D3,5D3,6D3,9D2,12D2,13D2,14D,17D,19D,20D;1D3,6D3,9D2,12D2,13D2,14D,17D,19D,20D;1D3,5D3,9D2,12D2,13D2,14D,17D,19D,20D;1D3,9D2,12D,13D2,14D,17D,19D,20D/t3*14?,17?,19?,20?,23-;12?,14?,17?,19?,20?,23-. The van der Waals surface area contributed by atoms with Crippen LogP contribution in [0.15, 0.2) is 48.5 Å². The molecule has 4 aromatic carbocycles. The maximum absolute atomic E-state index is 13.4. The number of methoxy groups -OCH3 is 8. The summed E-state index contributed by atoms with van der Waals surface area (Å²) < 4.78 is 604. The molecule has 0 amide bonds. The molecule has 0 bridgehead atoms. The fourth-order valence-corrected chi connectivity index (χ4v) is 12.7. The number of hydrogen-bond donors (Lipinski definition) is 4. The number of benzene rings is 4. The van der Waals surface area contributed by atoms with Crippen LogP contribution in [0.2, 0.25) is 0 Å². The average molecular weight is 1740 g/mol. The van der Waals surface area contributed by atoms with Gasteiger partial charge in [-0.25, -0.2) is 0 Å². The summed E-state index contributed by atoms with van der Waals surface area (Å²) in [6.45, 7) is -17.6. The molecular weight excluding hydrogens is 1520 g/mol. The number of fused-ring (bicyclic) bond motifs is 12. The van der Waals surface area contributed by atoms with E-state index in [0.29, 0.717) is 58.9 Å². The number of ether oxygens (including phenoxy) is 12. The summed E-state index contributed by atoms with van der Waals surface area (Å²) in [5.41, 5.74) is 22.4. The molecule has 4 fully saturated rings. The SMILES string of the molecule is [2H]C([2H])([2H])Oc1cc2c(cc1OC([2H])([2H])[2H])C1([2H])N(CC2)C([2H])([2H])C([2H])(C([2H])([2H])C([2H])(C)C([2H])([2H])[2H])C([2H])(OC(=O)[C@@H](N)C(C)C)C1([2H])[2H].[2H]C([2H])([2H])Oc1cc2c(cc1OC)C1([2H])N(CC2)C([2H])([2H])C([2H])(C([2H])([2H])C([2H])(C)C([2H])([2H])[2H])C([2H])(OC(=O)[C@@H](N)C(C)C)C1([2H])[2H].[2H]C([2H])([2H])Oc1cc2c(cc1OC)CCN1C([2H])([2H])C([2H])(C([2H])([2H])C([2H])(C)C([2H])([2H])[2H])C([2H])(OC(=O)[C@@H](N)C(C)C)C([2H])([2H])C21[2H].[2H]C1C2([2H])c3cc(OC)c(OC)cc3CCN2C([2H])([2H])C([2H])(C([2H])([2H])C([2H])(C)C([2H])([2H])[2H])C1([2H])OC(=O)[C@@H](N)C(C)C. The normalized spacial score (nSPS) is 46.8. The third-order valence-corrected chi connectivity index (χ3v) is 19.5. The lowest BCUT2D eigenvalue weighted by atomic mass is 9.79. The summed E-state index contributed by atoms with van der Waals surface area (Å²) >= 11 is 0. The second-order valence-electron chi connectivity index (χ2n) is 29.7. The minimum Gasteiger partial charge on any atom is -0.493 e. The number of piperidine rings is 4. The van der Waals surface area contributed by atoms with Crippen LogP contribution in [0.1, 0.15) is 316 Å². The van der Waals surface area contributed by atoms with E-state index in [0.717, 1.165) is 31.4 Å². The molecule has 0 radical (unpaired) electrons. The first kappa shape index (κ1) is 41.8. The number of carbonyl (C=O) groups is 4. The molecule has 17 unspecified atom stereocenters. The van der Waals surface area contributed by atoms with Crippen LogP contribution in [0.3, 0.4) is 0 Å². The highest BCUT2D eigenvalue weighted by molar-refractivity contribution is 5.77. The van der Waals surface area contributed by atoms with Crippen molar-refractivity contribution in [3.63, 3.8) is 0 Å². The van der Waals surface area contributed by atoms with Gasteiger partial charge in [0, 0.05) is 184 Å². The molecule has 8 N–H and O–H groups in total. The Hall–Kier alpha value is -7.16. The molecule has 4 saturated heterocycles. The number of nitrogens with two attached hydrogens (primary N) is 4. The first-order chi connectivity index (χ1) is 81.0. The zero-order valence-electron chi connectivity index (χ0n) is 133. The molecule has 24 heteroatoms. The van der Waals surface area contributed by atoms with Gasteiger partial charge in [0.1, 0.15) is 48.5 Å². The van der Waals surface area contributed by atoms with E-state index >= 15 is 0 Å². The Kier molecular flexibility index (Phi) is 15.3. The molecule has 672 valence electrons. The van der Waals surface area contributed by atoms with E-state index in [4.69, 9.17) is 132 Å². The van der Waals surface area contributed by atoms with E-state index < -0.39 is 360 Å². The van der Waals surface area contributed by atoms with Crippen LogP contribution >= 0.6 is 0 Å². The molecule has 0 spiro atoms. The van der Waals surface area contributed by atoms with Crippen molar-refractivity contribution in [2.45, 2.75) is 260 Å². The third-order valence-electron chi connectivity index (χ3n) is 19.5. The molecule has 0 aliphatic carbocycles. The van der Waals surface area contributed by atoms with E-state index in [-0.39, 0.29) is 76.8 Å². The van der Waals surface area contributed by atoms with Gasteiger partial charge in [-0.15, -0.1) is 0 Å². The number of hydrogen-bond acceptors (Lipinski definition) is 24. The molecule has 12 rings (SSSR count). The molecule has 21 atom stereocenters. The van der Waals surface area contributed by atoms with E-state index in [1.165, 1.54) is 94.9 Å². The minimum atomic E-state index is -4.24. The van der Waals surface area contributed by atoms with Gasteiger partial charge >= 0.3 is 23.9 Å². The van der Waals surface area contributed by atoms with Crippen molar-refractivity contribution < 1.29 is 162 Å². The van der Waals surface area contributed by atoms with E-state index in [1.807, 2.05) is 0 Å². The van der Waals surface area contributed by atoms with Crippen molar-refractivity contribution in [1.29, 1.82) is 0 Å². The number of nitrogens with zero attached hydrogens (tertiary/aromatic N) is 4. The van der Waals surface area contributed by atoms with Crippen molar-refractivity contribution in [3.05, 3.63) is 93.0 Å². The highest BCUT2D eigenvalue weighted by Gasteiger charge is 2.47. The Morgan fingerprint density at radius 1 is 0.367 bits per heavy atom. The maximum Gasteiger partial charge on any atom is 0.323 e. The molecule has 0 aromatic heterocycles. The van der Waals surface area contributed by atoms with Gasteiger partial charge in [-0.2, -0.15) is 0 Å². The van der Waals surface area contributed by atoms with Crippen LogP contribution < -0.4 is 60.8 Å². The largest absolute Gasteiger partial charge is 0.493 e. The van der Waals surface area contributed by atoms with Crippen LogP contribution in [0.5, 0.6) is 46.0 Å². The molecule has 4 aromatic rings. The highest BCUT2D eigenvalue weighted by atomic mass is 16.6.